The molecule has 102 valence electrons. The van der Waals surface area contributed by atoms with Crippen LogP contribution in [-0.4, -0.2) is 23.1 Å². The molecule has 1 aromatic carbocycles. The molecule has 19 heavy (non-hydrogen) atoms. The van der Waals surface area contributed by atoms with Gasteiger partial charge in [0, 0.05) is 12.2 Å². The predicted octanol–water partition coefficient (Wildman–Crippen LogP) is 2.42. The number of furan rings is 1. The maximum absolute atomic E-state index is 10.2. The van der Waals surface area contributed by atoms with Gasteiger partial charge in [-0.3, -0.25) is 4.90 Å². The first-order chi connectivity index (χ1) is 9.19. The van der Waals surface area contributed by atoms with Crippen LogP contribution in [0.3, 0.4) is 0 Å². The van der Waals surface area contributed by atoms with Crippen molar-refractivity contribution in [1.82, 2.24) is 4.90 Å². The van der Waals surface area contributed by atoms with E-state index in [4.69, 9.17) is 10.2 Å². The van der Waals surface area contributed by atoms with Gasteiger partial charge in [0.2, 0.25) is 0 Å². The zero-order valence-electron chi connectivity index (χ0n) is 11.1. The zero-order valence-corrected chi connectivity index (χ0v) is 11.1. The molecule has 3 N–H and O–H groups in total. The molecule has 1 unspecified atom stereocenters. The lowest BCUT2D eigenvalue weighted by Crippen LogP contribution is -2.28. The summed E-state index contributed by atoms with van der Waals surface area (Å²) in [5.74, 6) is 0.909. The van der Waals surface area contributed by atoms with Crippen molar-refractivity contribution in [3.05, 3.63) is 54.0 Å². The van der Waals surface area contributed by atoms with Gasteiger partial charge in [0.25, 0.3) is 0 Å². The van der Waals surface area contributed by atoms with Crippen LogP contribution >= 0.6 is 0 Å². The summed E-state index contributed by atoms with van der Waals surface area (Å²) in [6.07, 6.45) is 1.15. The molecule has 4 nitrogen and oxygen atoms in total. The van der Waals surface area contributed by atoms with Crippen molar-refractivity contribution < 1.29 is 9.52 Å². The molecule has 0 radical (unpaired) electrons. The first-order valence-electron chi connectivity index (χ1n) is 6.47. The smallest absolute Gasteiger partial charge is 0.117 e. The number of aliphatic hydroxyl groups excluding tert-OH is 1. The lowest BCUT2D eigenvalue weighted by atomic mass is 10.1. The number of hydrogen-bond donors (Lipinski definition) is 2. The summed E-state index contributed by atoms with van der Waals surface area (Å²) in [6, 6.07) is 11.2. The first-order valence-corrected chi connectivity index (χ1v) is 6.47. The topological polar surface area (TPSA) is 62.6 Å². The Bertz CT molecular complexity index is 479. The maximum Gasteiger partial charge on any atom is 0.117 e. The molecular weight excluding hydrogens is 240 g/mol. The number of aliphatic hydroxyl groups is 1. The molecule has 0 aliphatic rings. The molecule has 0 fully saturated rings. The fraction of sp³-hybridized carbons (Fsp3) is 0.333. The number of benzene rings is 1. The largest absolute Gasteiger partial charge is 0.468 e. The Morgan fingerprint density at radius 2 is 2.00 bits per heavy atom. The van der Waals surface area contributed by atoms with Gasteiger partial charge >= 0.3 is 0 Å². The van der Waals surface area contributed by atoms with E-state index in [0.29, 0.717) is 18.8 Å². The van der Waals surface area contributed by atoms with Gasteiger partial charge in [-0.1, -0.05) is 19.1 Å². The van der Waals surface area contributed by atoms with Gasteiger partial charge in [-0.15, -0.1) is 0 Å². The van der Waals surface area contributed by atoms with Crippen LogP contribution < -0.4 is 5.73 Å². The number of hydrogen-bond acceptors (Lipinski definition) is 4. The number of nitrogen functional groups attached to an aromatic ring is 1. The third-order valence-corrected chi connectivity index (χ3v) is 3.16. The third kappa shape index (κ3) is 3.84. The predicted molar refractivity (Wildman–Crippen MR) is 75.5 cm³/mol. The average Bonchev–Trinajstić information content (AvgIpc) is 2.91. The van der Waals surface area contributed by atoms with Crippen LogP contribution in [0.5, 0.6) is 0 Å². The second-order valence-corrected chi connectivity index (χ2v) is 4.59. The molecule has 0 saturated heterocycles. The standard InChI is InChI=1S/C15H20N2O2/c1-2-17(10-14-4-3-9-19-14)11-15(18)12-5-7-13(16)8-6-12/h3-9,15,18H,2,10-11,16H2,1H3. The van der Waals surface area contributed by atoms with Gasteiger partial charge in [0.05, 0.1) is 18.9 Å². The number of anilines is 1. The van der Waals surface area contributed by atoms with Gasteiger partial charge in [0.1, 0.15) is 5.76 Å². The van der Waals surface area contributed by atoms with Crippen molar-refractivity contribution in [2.45, 2.75) is 19.6 Å². The highest BCUT2D eigenvalue weighted by Gasteiger charge is 2.13. The van der Waals surface area contributed by atoms with Crippen molar-refractivity contribution >= 4 is 5.69 Å². The molecule has 1 heterocycles. The molecule has 4 heteroatoms. The molecule has 0 bridgehead atoms. The zero-order chi connectivity index (χ0) is 13.7. The second kappa shape index (κ2) is 6.41. The Hall–Kier alpha value is -1.78. The van der Waals surface area contributed by atoms with Crippen molar-refractivity contribution in [2.75, 3.05) is 18.8 Å². The SMILES string of the molecule is CCN(Cc1ccco1)CC(O)c1ccc(N)cc1. The monoisotopic (exact) mass is 260 g/mol. The van der Waals surface area contributed by atoms with Crippen LogP contribution in [0.15, 0.2) is 47.1 Å². The van der Waals surface area contributed by atoms with Gasteiger partial charge in [0.15, 0.2) is 0 Å². The fourth-order valence-corrected chi connectivity index (χ4v) is 2.00. The summed E-state index contributed by atoms with van der Waals surface area (Å²) >= 11 is 0. The Morgan fingerprint density at radius 1 is 1.26 bits per heavy atom. The van der Waals surface area contributed by atoms with E-state index in [1.165, 1.54) is 0 Å². The molecule has 2 rings (SSSR count). The van der Waals surface area contributed by atoms with E-state index in [1.807, 2.05) is 24.3 Å². The average molecular weight is 260 g/mol. The van der Waals surface area contributed by atoms with Gasteiger partial charge < -0.3 is 15.3 Å². The minimum atomic E-state index is -0.518. The Labute approximate surface area is 113 Å². The van der Waals surface area contributed by atoms with E-state index in [9.17, 15) is 5.11 Å². The van der Waals surface area contributed by atoms with Crippen molar-refractivity contribution in [3.8, 4) is 0 Å². The van der Waals surface area contributed by atoms with E-state index in [0.717, 1.165) is 17.9 Å². The first kappa shape index (κ1) is 13.6. The van der Waals surface area contributed by atoms with Gasteiger partial charge in [-0.05, 0) is 36.4 Å². The molecule has 0 aliphatic heterocycles. The lowest BCUT2D eigenvalue weighted by molar-refractivity contribution is 0.108. The molecular formula is C15H20N2O2. The summed E-state index contributed by atoms with van der Waals surface area (Å²) in [4.78, 5) is 2.14. The molecule has 0 saturated carbocycles. The van der Waals surface area contributed by atoms with Gasteiger partial charge in [-0.25, -0.2) is 0 Å². The van der Waals surface area contributed by atoms with E-state index in [-0.39, 0.29) is 0 Å². The normalized spacial score (nSPS) is 12.8. The Balaban J connectivity index is 1.95. The minimum absolute atomic E-state index is 0.518. The Morgan fingerprint density at radius 3 is 2.58 bits per heavy atom. The van der Waals surface area contributed by atoms with Crippen molar-refractivity contribution in [3.63, 3.8) is 0 Å². The van der Waals surface area contributed by atoms with Crippen LogP contribution in [-0.2, 0) is 6.54 Å². The second-order valence-electron chi connectivity index (χ2n) is 4.59. The molecule has 1 atom stereocenters. The highest BCUT2D eigenvalue weighted by Crippen LogP contribution is 2.17. The van der Waals surface area contributed by atoms with Crippen molar-refractivity contribution in [1.29, 1.82) is 0 Å². The highest BCUT2D eigenvalue weighted by molar-refractivity contribution is 5.39. The minimum Gasteiger partial charge on any atom is -0.468 e. The van der Waals surface area contributed by atoms with E-state index in [1.54, 1.807) is 18.4 Å². The summed E-state index contributed by atoms with van der Waals surface area (Å²) in [6.45, 7) is 4.20. The summed E-state index contributed by atoms with van der Waals surface area (Å²) in [7, 11) is 0. The van der Waals surface area contributed by atoms with Crippen LogP contribution in [0, 0.1) is 0 Å². The summed E-state index contributed by atoms with van der Waals surface area (Å²) in [5, 5.41) is 10.2. The third-order valence-electron chi connectivity index (χ3n) is 3.16. The van der Waals surface area contributed by atoms with Crippen LogP contribution in [0.25, 0.3) is 0 Å². The lowest BCUT2D eigenvalue weighted by Gasteiger charge is -2.22. The van der Waals surface area contributed by atoms with E-state index in [2.05, 4.69) is 11.8 Å². The van der Waals surface area contributed by atoms with E-state index >= 15 is 0 Å². The number of nitrogens with zero attached hydrogens (tertiary/aromatic N) is 1. The number of likely N-dealkylation sites (N-methyl/N-ethyl adjacent to an activating group) is 1. The molecule has 1 aromatic heterocycles. The van der Waals surface area contributed by atoms with Crippen LogP contribution in [0.4, 0.5) is 5.69 Å². The summed E-state index contributed by atoms with van der Waals surface area (Å²) in [5.41, 5.74) is 7.23. The molecule has 0 aliphatic carbocycles. The molecule has 2 aromatic rings. The fourth-order valence-electron chi connectivity index (χ4n) is 2.00. The van der Waals surface area contributed by atoms with Crippen LogP contribution in [0.2, 0.25) is 0 Å². The molecule has 0 spiro atoms. The van der Waals surface area contributed by atoms with E-state index < -0.39 is 6.10 Å². The molecule has 0 amide bonds. The Kier molecular flexibility index (Phi) is 4.60. The van der Waals surface area contributed by atoms with Gasteiger partial charge in [-0.2, -0.15) is 0 Å². The highest BCUT2D eigenvalue weighted by atomic mass is 16.3. The number of nitrogens with two attached hydrogens (primary N) is 1. The van der Waals surface area contributed by atoms with Crippen LogP contribution in [0.1, 0.15) is 24.4 Å². The maximum atomic E-state index is 10.2. The number of rotatable bonds is 6. The van der Waals surface area contributed by atoms with Crippen molar-refractivity contribution in [2.24, 2.45) is 0 Å². The quantitative estimate of drug-likeness (QED) is 0.783. The summed E-state index contributed by atoms with van der Waals surface area (Å²) < 4.78 is 5.33.